The minimum atomic E-state index is -0.817. The largest absolute Gasteiger partial charge is 0.481 e. The van der Waals surface area contributed by atoms with Gasteiger partial charge in [0.2, 0.25) is 0 Å². The second kappa shape index (κ2) is 8.66. The Bertz CT molecular complexity index is 892. The van der Waals surface area contributed by atoms with Crippen LogP contribution in [0.2, 0.25) is 0 Å². The summed E-state index contributed by atoms with van der Waals surface area (Å²) in [5.41, 5.74) is 2.38. The maximum absolute atomic E-state index is 12.6. The Kier molecular flexibility index (Phi) is 6.57. The first-order chi connectivity index (χ1) is 12.3. The van der Waals surface area contributed by atoms with Gasteiger partial charge in [-0.25, -0.2) is 4.68 Å². The maximum Gasteiger partial charge on any atom is 0.304 e. The molecule has 0 aliphatic rings. The Morgan fingerprint density at radius 3 is 2.73 bits per heavy atom. The highest BCUT2D eigenvalue weighted by Crippen LogP contribution is 2.18. The average Bonchev–Trinajstić information content (AvgIpc) is 2.57. The molecule has 0 saturated heterocycles. The number of carbonyl (C=O) groups excluding carboxylic acids is 1. The van der Waals surface area contributed by atoms with Gasteiger partial charge in [-0.3, -0.25) is 14.4 Å². The minimum absolute atomic E-state index is 0.0845. The number of nitrogens with one attached hydrogen (secondary N) is 1. The van der Waals surface area contributed by atoms with Crippen molar-refractivity contribution in [3.63, 3.8) is 0 Å². The number of nitrogens with zero attached hydrogens (tertiary/aromatic N) is 2. The lowest BCUT2D eigenvalue weighted by atomic mass is 10.1. The molecule has 8 heteroatoms. The maximum atomic E-state index is 12.6. The molecule has 0 atom stereocenters. The van der Waals surface area contributed by atoms with E-state index in [4.69, 9.17) is 5.11 Å². The Labute approximate surface area is 155 Å². The van der Waals surface area contributed by atoms with Crippen LogP contribution < -0.4 is 10.9 Å². The number of hydrogen-bond acceptors (Lipinski definition) is 5. The van der Waals surface area contributed by atoms with Gasteiger partial charge in [-0.15, -0.1) is 0 Å². The topological polar surface area (TPSA) is 101 Å². The van der Waals surface area contributed by atoms with Crippen LogP contribution >= 0.6 is 11.8 Å². The lowest BCUT2D eigenvalue weighted by molar-refractivity contribution is -0.136. The molecule has 1 aromatic carbocycles. The monoisotopic (exact) mass is 375 g/mol. The molecule has 1 heterocycles. The molecule has 26 heavy (non-hydrogen) atoms. The van der Waals surface area contributed by atoms with Gasteiger partial charge in [0, 0.05) is 24.2 Å². The molecular formula is C18H21N3O4S. The number of aryl methyl sites for hydroxylation is 2. The van der Waals surface area contributed by atoms with Crippen molar-refractivity contribution >= 4 is 29.3 Å². The molecule has 0 aliphatic heterocycles. The molecular weight excluding hydrogens is 354 g/mol. The molecule has 1 aromatic heterocycles. The molecule has 0 spiro atoms. The van der Waals surface area contributed by atoms with E-state index in [0.29, 0.717) is 28.5 Å². The molecule has 0 radical (unpaired) electrons. The predicted molar refractivity (Wildman–Crippen MR) is 102 cm³/mol. The van der Waals surface area contributed by atoms with Gasteiger partial charge in [-0.05, 0) is 37.1 Å². The number of carboxylic acids is 1. The van der Waals surface area contributed by atoms with Crippen molar-refractivity contribution in [1.82, 2.24) is 9.78 Å². The molecule has 2 aromatic rings. The van der Waals surface area contributed by atoms with E-state index in [2.05, 4.69) is 10.4 Å². The molecule has 0 aliphatic carbocycles. The first-order valence-corrected chi connectivity index (χ1v) is 9.19. The number of carbonyl (C=O) groups is 2. The number of amides is 1. The summed E-state index contributed by atoms with van der Waals surface area (Å²) in [5.74, 6) is -0.115. The molecule has 0 unspecified atom stereocenters. The van der Waals surface area contributed by atoms with E-state index in [1.54, 1.807) is 19.9 Å². The Balaban J connectivity index is 2.12. The zero-order valence-corrected chi connectivity index (χ0v) is 15.7. The van der Waals surface area contributed by atoms with E-state index in [-0.39, 0.29) is 12.0 Å². The van der Waals surface area contributed by atoms with Gasteiger partial charge in [0.25, 0.3) is 11.5 Å². The van der Waals surface area contributed by atoms with E-state index >= 15 is 0 Å². The third-order valence-corrected chi connectivity index (χ3v) is 4.90. The van der Waals surface area contributed by atoms with E-state index in [1.807, 2.05) is 18.2 Å². The normalized spacial score (nSPS) is 10.6. The highest BCUT2D eigenvalue weighted by molar-refractivity contribution is 7.98. The Morgan fingerprint density at radius 1 is 1.31 bits per heavy atom. The second-order valence-corrected chi connectivity index (χ2v) is 6.97. The van der Waals surface area contributed by atoms with Crippen LogP contribution in [0.5, 0.6) is 0 Å². The van der Waals surface area contributed by atoms with Crippen LogP contribution in [0, 0.1) is 13.8 Å². The van der Waals surface area contributed by atoms with Crippen LogP contribution in [0.3, 0.4) is 0 Å². The van der Waals surface area contributed by atoms with Gasteiger partial charge in [-0.2, -0.15) is 16.9 Å². The van der Waals surface area contributed by atoms with Crippen molar-refractivity contribution in [1.29, 1.82) is 0 Å². The fourth-order valence-corrected chi connectivity index (χ4v) is 3.28. The zero-order valence-electron chi connectivity index (χ0n) is 14.9. The Morgan fingerprint density at radius 2 is 2.04 bits per heavy atom. The van der Waals surface area contributed by atoms with Crippen molar-refractivity contribution < 1.29 is 14.7 Å². The average molecular weight is 375 g/mol. The number of anilines is 1. The van der Waals surface area contributed by atoms with Crippen LogP contribution in [0.4, 0.5) is 5.69 Å². The summed E-state index contributed by atoms with van der Waals surface area (Å²) in [6.45, 7) is 3.45. The highest BCUT2D eigenvalue weighted by Gasteiger charge is 2.18. The van der Waals surface area contributed by atoms with Crippen LogP contribution in [0.1, 0.15) is 33.6 Å². The van der Waals surface area contributed by atoms with Gasteiger partial charge in [0.05, 0.1) is 12.1 Å². The van der Waals surface area contributed by atoms with Crippen molar-refractivity contribution in [2.75, 3.05) is 11.1 Å². The van der Waals surface area contributed by atoms with Gasteiger partial charge >= 0.3 is 5.97 Å². The SMILES string of the molecule is Cc1nn(C)c(=O)c(C(=O)Nc2cccc(CSCCC(=O)O)c2)c1C. The van der Waals surface area contributed by atoms with Gasteiger partial charge < -0.3 is 10.4 Å². The van der Waals surface area contributed by atoms with Crippen molar-refractivity contribution in [3.8, 4) is 0 Å². The number of benzene rings is 1. The third kappa shape index (κ3) is 4.95. The highest BCUT2D eigenvalue weighted by atomic mass is 32.2. The van der Waals surface area contributed by atoms with E-state index in [0.717, 1.165) is 10.2 Å². The van der Waals surface area contributed by atoms with Crippen molar-refractivity contribution in [2.45, 2.75) is 26.0 Å². The van der Waals surface area contributed by atoms with E-state index in [9.17, 15) is 14.4 Å². The minimum Gasteiger partial charge on any atom is -0.481 e. The lowest BCUT2D eigenvalue weighted by Gasteiger charge is -2.11. The fourth-order valence-electron chi connectivity index (χ4n) is 2.40. The summed E-state index contributed by atoms with van der Waals surface area (Å²) in [7, 11) is 1.51. The number of carboxylic acid groups (broad SMARTS) is 1. The molecule has 2 rings (SSSR count). The van der Waals surface area contributed by atoms with Gasteiger partial charge in [-0.1, -0.05) is 12.1 Å². The molecule has 0 bridgehead atoms. The lowest BCUT2D eigenvalue weighted by Crippen LogP contribution is -2.31. The summed E-state index contributed by atoms with van der Waals surface area (Å²) in [6.07, 6.45) is 0.116. The van der Waals surface area contributed by atoms with E-state index in [1.165, 1.54) is 18.8 Å². The first kappa shape index (κ1) is 19.7. The molecule has 2 N–H and O–H groups in total. The number of aliphatic carboxylic acids is 1. The number of hydrogen-bond donors (Lipinski definition) is 2. The van der Waals surface area contributed by atoms with E-state index < -0.39 is 17.4 Å². The second-order valence-electron chi connectivity index (χ2n) is 5.86. The van der Waals surface area contributed by atoms with Crippen LogP contribution in [-0.4, -0.2) is 32.5 Å². The quantitative estimate of drug-likeness (QED) is 0.721. The number of rotatable bonds is 7. The Hall–Kier alpha value is -2.61. The fraction of sp³-hybridized carbons (Fsp3) is 0.333. The molecule has 7 nitrogen and oxygen atoms in total. The summed E-state index contributed by atoms with van der Waals surface area (Å²) >= 11 is 1.51. The van der Waals surface area contributed by atoms with Gasteiger partial charge in [0.15, 0.2) is 0 Å². The van der Waals surface area contributed by atoms with Crippen LogP contribution in [-0.2, 0) is 17.6 Å². The smallest absolute Gasteiger partial charge is 0.304 e. The number of aromatic nitrogens is 2. The van der Waals surface area contributed by atoms with Crippen LogP contribution in [0.15, 0.2) is 29.1 Å². The zero-order chi connectivity index (χ0) is 19.3. The molecule has 1 amide bonds. The number of thioether (sulfide) groups is 1. The standard InChI is InChI=1S/C18H21N3O4S/c1-11-12(2)20-21(3)18(25)16(11)17(24)19-14-6-4-5-13(9-14)10-26-8-7-15(22)23/h4-6,9H,7-8,10H2,1-3H3,(H,19,24)(H,22,23). The van der Waals surface area contributed by atoms with Gasteiger partial charge in [0.1, 0.15) is 5.56 Å². The summed E-state index contributed by atoms with van der Waals surface area (Å²) in [6, 6.07) is 7.28. The molecule has 138 valence electrons. The van der Waals surface area contributed by atoms with Crippen molar-refractivity contribution in [2.24, 2.45) is 7.05 Å². The summed E-state index contributed by atoms with van der Waals surface area (Å²) in [5, 5.41) is 15.5. The molecule has 0 fully saturated rings. The predicted octanol–water partition coefficient (Wildman–Crippen LogP) is 2.36. The summed E-state index contributed by atoms with van der Waals surface area (Å²) in [4.78, 5) is 35.4. The first-order valence-electron chi connectivity index (χ1n) is 8.04. The molecule has 0 saturated carbocycles. The summed E-state index contributed by atoms with van der Waals surface area (Å²) < 4.78 is 1.16. The van der Waals surface area contributed by atoms with Crippen LogP contribution in [0.25, 0.3) is 0 Å². The van der Waals surface area contributed by atoms with Crippen molar-refractivity contribution in [3.05, 3.63) is 57.0 Å². The third-order valence-electron chi connectivity index (χ3n) is 3.87.